The number of carbonyl (C=O) groups excluding carboxylic acids is 4. The molecule has 0 unspecified atom stereocenters. The third kappa shape index (κ3) is 5.07. The molecule has 1 aliphatic heterocycles. The summed E-state index contributed by atoms with van der Waals surface area (Å²) in [5, 5.41) is 0.361. The highest BCUT2D eigenvalue weighted by atomic mass is 35.5. The van der Waals surface area contributed by atoms with Gasteiger partial charge in [0.1, 0.15) is 0 Å². The Bertz CT molecular complexity index is 1250. The van der Waals surface area contributed by atoms with Crippen molar-refractivity contribution < 1.29 is 23.9 Å². The highest BCUT2D eigenvalue weighted by Gasteiger charge is 2.38. The normalized spacial score (nSPS) is 15.3. The van der Waals surface area contributed by atoms with Crippen molar-refractivity contribution in [1.82, 2.24) is 0 Å². The van der Waals surface area contributed by atoms with Crippen molar-refractivity contribution in [3.63, 3.8) is 0 Å². The minimum atomic E-state index is -0.742. The van der Waals surface area contributed by atoms with Crippen molar-refractivity contribution in [3.05, 3.63) is 100 Å². The summed E-state index contributed by atoms with van der Waals surface area (Å²) in [6, 6.07) is 20.4. The van der Waals surface area contributed by atoms with Gasteiger partial charge in [0, 0.05) is 34.7 Å². The van der Waals surface area contributed by atoms with Gasteiger partial charge in [-0.3, -0.25) is 19.2 Å². The standard InChI is InChI=1S/C27H22ClNO5/c1-17-7-9-18(10-8-17)24(30)16-34-27(33)20-13-25(31)29(15-20)23-12-11-21(28)14-22(23)26(32)19-5-3-2-4-6-19/h2-12,14,20H,13,15-16H2,1H3/t20-/m1/s1. The summed E-state index contributed by atoms with van der Waals surface area (Å²) in [6.45, 7) is 1.56. The van der Waals surface area contributed by atoms with Crippen LogP contribution in [-0.4, -0.2) is 36.6 Å². The second kappa shape index (κ2) is 10.0. The van der Waals surface area contributed by atoms with Gasteiger partial charge < -0.3 is 9.64 Å². The predicted molar refractivity (Wildman–Crippen MR) is 128 cm³/mol. The number of aryl methyl sites for hydroxylation is 1. The number of benzene rings is 3. The molecule has 4 rings (SSSR count). The van der Waals surface area contributed by atoms with Crippen LogP contribution in [0.25, 0.3) is 0 Å². The molecule has 0 aromatic heterocycles. The number of esters is 1. The monoisotopic (exact) mass is 475 g/mol. The molecule has 172 valence electrons. The molecule has 1 amide bonds. The highest BCUT2D eigenvalue weighted by Crippen LogP contribution is 2.32. The molecule has 0 spiro atoms. The Balaban J connectivity index is 1.47. The Morgan fingerprint density at radius 3 is 2.38 bits per heavy atom. The van der Waals surface area contributed by atoms with Crippen molar-refractivity contribution in [2.75, 3.05) is 18.1 Å². The fraction of sp³-hybridized carbons (Fsp3) is 0.185. The summed E-state index contributed by atoms with van der Waals surface area (Å²) in [5.41, 5.74) is 2.59. The first-order valence-corrected chi connectivity index (χ1v) is 11.2. The van der Waals surface area contributed by atoms with Crippen LogP contribution in [0.15, 0.2) is 72.8 Å². The zero-order valence-corrected chi connectivity index (χ0v) is 19.2. The van der Waals surface area contributed by atoms with Crippen LogP contribution in [0.5, 0.6) is 0 Å². The van der Waals surface area contributed by atoms with Gasteiger partial charge in [0.15, 0.2) is 18.2 Å². The molecule has 7 heteroatoms. The summed E-state index contributed by atoms with van der Waals surface area (Å²) in [4.78, 5) is 52.2. The second-order valence-electron chi connectivity index (χ2n) is 8.16. The first kappa shape index (κ1) is 23.4. The van der Waals surface area contributed by atoms with E-state index in [2.05, 4.69) is 0 Å². The van der Waals surface area contributed by atoms with Gasteiger partial charge in [-0.1, -0.05) is 71.8 Å². The highest BCUT2D eigenvalue weighted by molar-refractivity contribution is 6.31. The Morgan fingerprint density at radius 1 is 0.971 bits per heavy atom. The number of carbonyl (C=O) groups is 4. The molecule has 0 N–H and O–H groups in total. The van der Waals surface area contributed by atoms with E-state index in [1.807, 2.05) is 19.1 Å². The minimum absolute atomic E-state index is 0.0487. The number of ketones is 2. The Morgan fingerprint density at radius 2 is 1.68 bits per heavy atom. The number of anilines is 1. The number of nitrogens with zero attached hydrogens (tertiary/aromatic N) is 1. The summed E-state index contributed by atoms with van der Waals surface area (Å²) < 4.78 is 5.22. The Hall–Kier alpha value is -3.77. The molecule has 0 saturated carbocycles. The van der Waals surface area contributed by atoms with Crippen LogP contribution < -0.4 is 4.90 Å². The van der Waals surface area contributed by atoms with Gasteiger partial charge in [-0.05, 0) is 25.1 Å². The molecule has 1 aliphatic rings. The van der Waals surface area contributed by atoms with Gasteiger partial charge in [0.25, 0.3) is 0 Å². The predicted octanol–water partition coefficient (Wildman–Crippen LogP) is 4.66. The SMILES string of the molecule is Cc1ccc(C(=O)COC(=O)[C@@H]2CC(=O)N(c3ccc(Cl)cc3C(=O)c3ccccc3)C2)cc1. The molecule has 1 fully saturated rings. The van der Waals surface area contributed by atoms with E-state index >= 15 is 0 Å². The number of rotatable bonds is 7. The maximum Gasteiger partial charge on any atom is 0.311 e. The van der Waals surface area contributed by atoms with Crippen LogP contribution >= 0.6 is 11.6 Å². The molecular formula is C27H22ClNO5. The van der Waals surface area contributed by atoms with Gasteiger partial charge in [-0.25, -0.2) is 0 Å². The van der Waals surface area contributed by atoms with E-state index < -0.39 is 18.5 Å². The van der Waals surface area contributed by atoms with Crippen molar-refractivity contribution in [1.29, 1.82) is 0 Å². The van der Waals surface area contributed by atoms with E-state index in [-0.39, 0.29) is 36.0 Å². The first-order valence-electron chi connectivity index (χ1n) is 10.8. The van der Waals surface area contributed by atoms with Crippen molar-refractivity contribution >= 4 is 40.7 Å². The molecule has 0 bridgehead atoms. The lowest BCUT2D eigenvalue weighted by molar-refractivity contribution is -0.147. The van der Waals surface area contributed by atoms with E-state index in [4.69, 9.17) is 16.3 Å². The van der Waals surface area contributed by atoms with Crippen LogP contribution in [0.4, 0.5) is 5.69 Å². The summed E-state index contributed by atoms with van der Waals surface area (Å²) in [7, 11) is 0. The van der Waals surface area contributed by atoms with Gasteiger partial charge in [-0.15, -0.1) is 0 Å². The quantitative estimate of drug-likeness (QED) is 0.367. The van der Waals surface area contributed by atoms with Crippen LogP contribution in [0.1, 0.15) is 38.3 Å². The summed E-state index contributed by atoms with van der Waals surface area (Å²) in [5.74, 6) is -2.27. The average molecular weight is 476 g/mol. The van der Waals surface area contributed by atoms with Crippen LogP contribution in [0.2, 0.25) is 5.02 Å². The van der Waals surface area contributed by atoms with Crippen LogP contribution in [0.3, 0.4) is 0 Å². The van der Waals surface area contributed by atoms with Crippen molar-refractivity contribution in [3.8, 4) is 0 Å². The van der Waals surface area contributed by atoms with E-state index in [1.165, 1.54) is 11.0 Å². The number of amides is 1. The lowest BCUT2D eigenvalue weighted by Gasteiger charge is -2.20. The average Bonchev–Trinajstić information content (AvgIpc) is 3.24. The van der Waals surface area contributed by atoms with E-state index in [0.29, 0.717) is 21.8 Å². The Kier molecular flexibility index (Phi) is 6.89. The van der Waals surface area contributed by atoms with Crippen molar-refractivity contribution in [2.24, 2.45) is 5.92 Å². The first-order chi connectivity index (χ1) is 16.3. The maximum atomic E-state index is 13.1. The lowest BCUT2D eigenvalue weighted by Crippen LogP contribution is -2.28. The zero-order chi connectivity index (χ0) is 24.2. The molecular weight excluding hydrogens is 454 g/mol. The molecule has 1 saturated heterocycles. The largest absolute Gasteiger partial charge is 0.457 e. The number of hydrogen-bond acceptors (Lipinski definition) is 5. The molecule has 3 aromatic rings. The number of ether oxygens (including phenoxy) is 1. The van der Waals surface area contributed by atoms with E-state index in [0.717, 1.165) is 5.56 Å². The van der Waals surface area contributed by atoms with Crippen LogP contribution in [0, 0.1) is 12.8 Å². The van der Waals surface area contributed by atoms with Crippen LogP contribution in [-0.2, 0) is 14.3 Å². The smallest absolute Gasteiger partial charge is 0.311 e. The van der Waals surface area contributed by atoms with Gasteiger partial charge in [-0.2, -0.15) is 0 Å². The van der Waals surface area contributed by atoms with Gasteiger partial charge >= 0.3 is 5.97 Å². The second-order valence-corrected chi connectivity index (χ2v) is 8.60. The topological polar surface area (TPSA) is 80.8 Å². The third-order valence-electron chi connectivity index (χ3n) is 5.71. The molecule has 1 heterocycles. The number of Topliss-reactive ketones (excluding diaryl/α,β-unsaturated/α-hetero) is 1. The fourth-order valence-electron chi connectivity index (χ4n) is 3.85. The Labute approximate surface area is 202 Å². The molecule has 34 heavy (non-hydrogen) atoms. The summed E-state index contributed by atoms with van der Waals surface area (Å²) in [6.07, 6.45) is -0.0703. The molecule has 0 aliphatic carbocycles. The lowest BCUT2D eigenvalue weighted by atomic mass is 10.0. The van der Waals surface area contributed by atoms with E-state index in [9.17, 15) is 19.2 Å². The van der Waals surface area contributed by atoms with E-state index in [1.54, 1.807) is 54.6 Å². The summed E-state index contributed by atoms with van der Waals surface area (Å²) >= 11 is 6.14. The van der Waals surface area contributed by atoms with Crippen molar-refractivity contribution in [2.45, 2.75) is 13.3 Å². The minimum Gasteiger partial charge on any atom is -0.457 e. The number of hydrogen-bond donors (Lipinski definition) is 0. The maximum absolute atomic E-state index is 13.1. The molecule has 3 aromatic carbocycles. The zero-order valence-electron chi connectivity index (χ0n) is 18.5. The molecule has 0 radical (unpaired) electrons. The molecule has 1 atom stereocenters. The van der Waals surface area contributed by atoms with Gasteiger partial charge in [0.05, 0.1) is 11.6 Å². The third-order valence-corrected chi connectivity index (χ3v) is 5.94. The number of halogens is 1. The molecule has 6 nitrogen and oxygen atoms in total. The fourth-order valence-corrected chi connectivity index (χ4v) is 4.02. The van der Waals surface area contributed by atoms with Gasteiger partial charge in [0.2, 0.25) is 5.91 Å².